The molecule has 0 unspecified atom stereocenters. The first kappa shape index (κ1) is 20.6. The van der Waals surface area contributed by atoms with Crippen molar-refractivity contribution in [3.05, 3.63) is 57.4 Å². The Bertz CT molecular complexity index is 1290. The van der Waals surface area contributed by atoms with Crippen LogP contribution in [-0.2, 0) is 0 Å². The van der Waals surface area contributed by atoms with E-state index in [1.54, 1.807) is 0 Å². The Morgan fingerprint density at radius 3 is 2.42 bits per heavy atom. The number of benzene rings is 1. The minimum absolute atomic E-state index is 0.257. The molecule has 0 radical (unpaired) electrons. The number of carboxylic acid groups (broad SMARTS) is 1. The number of carbonyl (C=O) groups is 1. The number of nitrogens with one attached hydrogen (secondary N) is 1. The number of hydrogen-bond acceptors (Lipinski definition) is 6. The first-order chi connectivity index (χ1) is 14.7. The van der Waals surface area contributed by atoms with Crippen LogP contribution in [0.25, 0.3) is 16.7 Å². The first-order valence-corrected chi connectivity index (χ1v) is 9.09. The van der Waals surface area contributed by atoms with Crippen molar-refractivity contribution < 1.29 is 27.5 Å². The Hall–Kier alpha value is -3.67. The van der Waals surface area contributed by atoms with Crippen molar-refractivity contribution in [2.24, 2.45) is 0 Å². The maximum Gasteiger partial charge on any atom is 0.341 e. The number of nitrogens with zero attached hydrogens (tertiary/aromatic N) is 3. The van der Waals surface area contributed by atoms with Gasteiger partial charge >= 0.3 is 5.97 Å². The Morgan fingerprint density at radius 1 is 1.10 bits per heavy atom. The number of halogens is 4. The van der Waals surface area contributed by atoms with Gasteiger partial charge in [-0.15, -0.1) is 0 Å². The Morgan fingerprint density at radius 2 is 1.77 bits per heavy atom. The lowest BCUT2D eigenvalue weighted by Crippen LogP contribution is -2.44. The molecule has 0 atom stereocenters. The fourth-order valence-electron chi connectivity index (χ4n) is 3.54. The van der Waals surface area contributed by atoms with Gasteiger partial charge in [0.05, 0.1) is 10.9 Å². The summed E-state index contributed by atoms with van der Waals surface area (Å²) in [4.78, 5) is 29.1. The van der Waals surface area contributed by atoms with E-state index >= 15 is 4.39 Å². The summed E-state index contributed by atoms with van der Waals surface area (Å²) in [6.07, 6.45) is 0.651. The number of fused-ring (bicyclic) bond motifs is 1. The molecule has 1 saturated heterocycles. The Labute approximate surface area is 171 Å². The minimum Gasteiger partial charge on any atom is -0.477 e. The summed E-state index contributed by atoms with van der Waals surface area (Å²) >= 11 is 0. The highest BCUT2D eigenvalue weighted by molar-refractivity contribution is 5.94. The second kappa shape index (κ2) is 7.54. The number of aromatic nitrogens is 2. The SMILES string of the molecule is Nc1nc(-n2cc(C(=O)O)c(=O)c3cc(F)c(N4CCNCC4)c(F)c32)c(F)cc1F. The molecule has 1 aliphatic rings. The van der Waals surface area contributed by atoms with Crippen molar-refractivity contribution in [2.75, 3.05) is 36.8 Å². The molecule has 12 heteroatoms. The molecule has 0 spiro atoms. The second-order valence-electron chi connectivity index (χ2n) is 6.86. The third-order valence-corrected chi connectivity index (χ3v) is 4.99. The number of carboxylic acids is 1. The topological polar surface area (TPSA) is 113 Å². The smallest absolute Gasteiger partial charge is 0.341 e. The summed E-state index contributed by atoms with van der Waals surface area (Å²) in [6, 6.07) is 1.09. The summed E-state index contributed by atoms with van der Waals surface area (Å²) in [6.45, 7) is 1.42. The van der Waals surface area contributed by atoms with Gasteiger partial charge in [0.15, 0.2) is 29.1 Å². The monoisotopic (exact) mass is 437 g/mol. The van der Waals surface area contributed by atoms with E-state index in [1.807, 2.05) is 0 Å². The molecule has 1 fully saturated rings. The molecule has 2 aromatic heterocycles. The van der Waals surface area contributed by atoms with Gasteiger partial charge in [-0.2, -0.15) is 0 Å². The maximum atomic E-state index is 15.6. The summed E-state index contributed by atoms with van der Waals surface area (Å²) < 4.78 is 59.2. The van der Waals surface area contributed by atoms with E-state index in [0.717, 1.165) is 0 Å². The van der Waals surface area contributed by atoms with Gasteiger partial charge in [-0.25, -0.2) is 27.3 Å². The lowest BCUT2D eigenvalue weighted by molar-refractivity contribution is 0.0695. The van der Waals surface area contributed by atoms with Crippen LogP contribution in [0.2, 0.25) is 0 Å². The highest BCUT2D eigenvalue weighted by Crippen LogP contribution is 2.32. The molecule has 0 aliphatic carbocycles. The summed E-state index contributed by atoms with van der Waals surface area (Å²) in [7, 11) is 0. The van der Waals surface area contributed by atoms with Crippen molar-refractivity contribution in [1.29, 1.82) is 0 Å². The number of hydrogen-bond donors (Lipinski definition) is 3. The van der Waals surface area contributed by atoms with Crippen LogP contribution in [0.5, 0.6) is 0 Å². The van der Waals surface area contributed by atoms with E-state index in [9.17, 15) is 27.9 Å². The second-order valence-corrected chi connectivity index (χ2v) is 6.86. The van der Waals surface area contributed by atoms with E-state index in [4.69, 9.17) is 5.73 Å². The Kier molecular flexibility index (Phi) is 5.01. The predicted octanol–water partition coefficient (Wildman–Crippen LogP) is 1.63. The van der Waals surface area contributed by atoms with E-state index in [2.05, 4.69) is 10.3 Å². The minimum atomic E-state index is -1.71. The molecule has 1 aliphatic heterocycles. The normalized spacial score (nSPS) is 14.3. The van der Waals surface area contributed by atoms with Gasteiger partial charge in [-0.3, -0.25) is 9.36 Å². The molecule has 3 aromatic rings. The molecule has 0 amide bonds. The van der Waals surface area contributed by atoms with Crippen LogP contribution < -0.4 is 21.4 Å². The van der Waals surface area contributed by atoms with Crippen LogP contribution in [-0.4, -0.2) is 46.8 Å². The van der Waals surface area contributed by atoms with Crippen molar-refractivity contribution in [3.8, 4) is 5.82 Å². The maximum absolute atomic E-state index is 15.6. The van der Waals surface area contributed by atoms with Gasteiger partial charge in [0.25, 0.3) is 0 Å². The molecule has 1 aromatic carbocycles. The largest absolute Gasteiger partial charge is 0.477 e. The predicted molar refractivity (Wildman–Crippen MR) is 104 cm³/mol. The van der Waals surface area contributed by atoms with Gasteiger partial charge in [-0.1, -0.05) is 0 Å². The molecule has 0 bridgehead atoms. The third-order valence-electron chi connectivity index (χ3n) is 4.99. The zero-order valence-corrected chi connectivity index (χ0v) is 15.8. The van der Waals surface area contributed by atoms with Crippen molar-refractivity contribution in [3.63, 3.8) is 0 Å². The molecule has 0 saturated carbocycles. The number of anilines is 2. The Balaban J connectivity index is 2.13. The van der Waals surface area contributed by atoms with Crippen molar-refractivity contribution in [2.45, 2.75) is 0 Å². The van der Waals surface area contributed by atoms with Crippen molar-refractivity contribution >= 4 is 28.4 Å². The van der Waals surface area contributed by atoms with Crippen LogP contribution in [0.15, 0.2) is 23.1 Å². The zero-order chi connectivity index (χ0) is 22.4. The highest BCUT2D eigenvalue weighted by atomic mass is 19.1. The summed E-state index contributed by atoms with van der Waals surface area (Å²) in [5.74, 6) is -7.95. The quantitative estimate of drug-likeness (QED) is 0.534. The molecular weight excluding hydrogens is 422 g/mol. The van der Waals surface area contributed by atoms with E-state index < -0.39 is 68.5 Å². The molecule has 3 heterocycles. The number of piperazine rings is 1. The van der Waals surface area contributed by atoms with E-state index in [-0.39, 0.29) is 13.1 Å². The fourth-order valence-corrected chi connectivity index (χ4v) is 3.54. The van der Waals surface area contributed by atoms with Crippen LogP contribution in [0.3, 0.4) is 0 Å². The van der Waals surface area contributed by atoms with Crippen LogP contribution in [0, 0.1) is 23.3 Å². The van der Waals surface area contributed by atoms with Crippen LogP contribution in [0.1, 0.15) is 10.4 Å². The van der Waals surface area contributed by atoms with Gasteiger partial charge in [0, 0.05) is 38.4 Å². The van der Waals surface area contributed by atoms with Gasteiger partial charge < -0.3 is 21.1 Å². The third kappa shape index (κ3) is 3.34. The molecular formula is C19H15F4N5O3. The van der Waals surface area contributed by atoms with Gasteiger partial charge in [0.2, 0.25) is 5.43 Å². The summed E-state index contributed by atoms with van der Waals surface area (Å²) in [5, 5.41) is 11.7. The standard InChI is InChI=1S/C19H15F4N5O3/c20-10-5-8-14(13(23)15(10)27-3-1-25-2-4-27)28(7-9(16(8)29)19(30)31)18-12(22)6-11(21)17(24)26-18/h5-7,25H,1-4H2,(H2,24,26)(H,30,31). The molecule has 162 valence electrons. The molecule has 4 rings (SSSR count). The van der Waals surface area contributed by atoms with Crippen LogP contribution >= 0.6 is 0 Å². The molecule has 31 heavy (non-hydrogen) atoms. The first-order valence-electron chi connectivity index (χ1n) is 9.09. The lowest BCUT2D eigenvalue weighted by Gasteiger charge is -2.30. The fraction of sp³-hybridized carbons (Fsp3) is 0.211. The lowest BCUT2D eigenvalue weighted by atomic mass is 10.1. The number of pyridine rings is 2. The summed E-state index contributed by atoms with van der Waals surface area (Å²) in [5.41, 5.74) is 2.28. The van der Waals surface area contributed by atoms with Gasteiger partial charge in [-0.05, 0) is 6.07 Å². The highest BCUT2D eigenvalue weighted by Gasteiger charge is 2.27. The van der Waals surface area contributed by atoms with Gasteiger partial charge in [0.1, 0.15) is 17.1 Å². The van der Waals surface area contributed by atoms with E-state index in [0.29, 0.717) is 36.0 Å². The molecule has 8 nitrogen and oxygen atoms in total. The average Bonchev–Trinajstić information content (AvgIpc) is 2.72. The van der Waals surface area contributed by atoms with E-state index in [1.165, 1.54) is 4.90 Å². The molecule has 4 N–H and O–H groups in total. The van der Waals surface area contributed by atoms with Crippen LogP contribution in [0.4, 0.5) is 29.1 Å². The average molecular weight is 437 g/mol. The number of nitrogen functional groups attached to an aromatic ring is 1. The zero-order valence-electron chi connectivity index (χ0n) is 15.8. The number of aromatic carboxylic acids is 1. The number of rotatable bonds is 3. The van der Waals surface area contributed by atoms with Crippen molar-refractivity contribution in [1.82, 2.24) is 14.9 Å². The number of nitrogens with two attached hydrogens (primary N) is 1.